The molecular formula is C19H24BrCl2N3O2-2. The molecule has 1 aliphatic rings. The normalized spacial score (nSPS) is 14.1. The summed E-state index contributed by atoms with van der Waals surface area (Å²) in [6, 6.07) is 10.1. The first-order valence-electron chi connectivity index (χ1n) is 8.62. The molecule has 0 saturated carbocycles. The Morgan fingerprint density at radius 2 is 2.00 bits per heavy atom. The Hall–Kier alpha value is -0.890. The molecule has 0 radical (unpaired) electrons. The number of benzene rings is 1. The van der Waals surface area contributed by atoms with Crippen molar-refractivity contribution in [3.05, 3.63) is 58.3 Å². The number of aromatic nitrogens is 1. The van der Waals surface area contributed by atoms with Gasteiger partial charge in [0.2, 0.25) is 0 Å². The second-order valence-corrected chi connectivity index (χ2v) is 6.95. The summed E-state index contributed by atoms with van der Waals surface area (Å²) in [5.41, 5.74) is 2.22. The van der Waals surface area contributed by atoms with Crippen LogP contribution in [0.3, 0.4) is 0 Å². The van der Waals surface area contributed by atoms with Gasteiger partial charge in [0.15, 0.2) is 0 Å². The molecule has 5 nitrogen and oxygen atoms in total. The number of rotatable bonds is 8. The molecule has 1 aromatic heterocycles. The smallest absolute Gasteiger partial charge is 0.124 e. The molecule has 1 N–H and O–H groups in total. The van der Waals surface area contributed by atoms with E-state index >= 15 is 0 Å². The first-order chi connectivity index (χ1) is 12.3. The summed E-state index contributed by atoms with van der Waals surface area (Å²) in [5.74, 6) is 0.908. The molecule has 1 aliphatic heterocycles. The van der Waals surface area contributed by atoms with Gasteiger partial charge in [0.25, 0.3) is 0 Å². The summed E-state index contributed by atoms with van der Waals surface area (Å²) in [6.07, 6.45) is 3.60. The van der Waals surface area contributed by atoms with Gasteiger partial charge in [0.1, 0.15) is 12.4 Å². The van der Waals surface area contributed by atoms with E-state index in [1.807, 2.05) is 30.5 Å². The first-order valence-corrected chi connectivity index (χ1v) is 9.41. The summed E-state index contributed by atoms with van der Waals surface area (Å²) in [7, 11) is 0. The molecule has 0 bridgehead atoms. The second kappa shape index (κ2) is 13.3. The maximum atomic E-state index is 6.00. The zero-order valence-electron chi connectivity index (χ0n) is 15.0. The van der Waals surface area contributed by atoms with Crippen LogP contribution in [0.15, 0.2) is 47.2 Å². The number of morpholine rings is 1. The summed E-state index contributed by atoms with van der Waals surface area (Å²) in [6.45, 7) is 7.05. The van der Waals surface area contributed by atoms with Crippen molar-refractivity contribution in [2.75, 3.05) is 39.4 Å². The van der Waals surface area contributed by atoms with Crippen molar-refractivity contribution in [3.63, 3.8) is 0 Å². The predicted molar refractivity (Wildman–Crippen MR) is 102 cm³/mol. The van der Waals surface area contributed by atoms with Crippen LogP contribution in [0.25, 0.3) is 0 Å². The number of pyridine rings is 1. The summed E-state index contributed by atoms with van der Waals surface area (Å²) < 4.78 is 12.4. The third-order valence-corrected chi connectivity index (χ3v) is 4.66. The van der Waals surface area contributed by atoms with Crippen LogP contribution in [-0.4, -0.2) is 49.3 Å². The summed E-state index contributed by atoms with van der Waals surface area (Å²) in [4.78, 5) is 6.55. The van der Waals surface area contributed by atoms with E-state index in [-0.39, 0.29) is 24.8 Å². The Labute approximate surface area is 181 Å². The van der Waals surface area contributed by atoms with Crippen molar-refractivity contribution in [1.82, 2.24) is 15.2 Å². The monoisotopic (exact) mass is 475 g/mol. The Morgan fingerprint density at radius 3 is 2.74 bits per heavy atom. The molecule has 2 aromatic rings. The fraction of sp³-hybridized carbons (Fsp3) is 0.421. The highest BCUT2D eigenvalue weighted by Crippen LogP contribution is 2.24. The lowest BCUT2D eigenvalue weighted by atomic mass is 10.2. The molecule has 0 amide bonds. The van der Waals surface area contributed by atoms with Crippen molar-refractivity contribution in [3.8, 4) is 5.75 Å². The molecule has 0 aliphatic carbocycles. The number of nitrogens with one attached hydrogen (secondary N) is 1. The van der Waals surface area contributed by atoms with E-state index < -0.39 is 0 Å². The molecule has 150 valence electrons. The molecule has 1 aromatic carbocycles. The highest BCUT2D eigenvalue weighted by molar-refractivity contribution is 9.10. The fourth-order valence-corrected chi connectivity index (χ4v) is 3.17. The van der Waals surface area contributed by atoms with E-state index in [1.165, 1.54) is 0 Å². The van der Waals surface area contributed by atoms with E-state index in [0.29, 0.717) is 6.61 Å². The lowest BCUT2D eigenvalue weighted by Crippen LogP contribution is -3.00. The topological polar surface area (TPSA) is 46.6 Å². The fourth-order valence-electron chi connectivity index (χ4n) is 2.76. The molecule has 2 heterocycles. The molecule has 1 fully saturated rings. The molecule has 8 heteroatoms. The average Bonchev–Trinajstić information content (AvgIpc) is 2.66. The van der Waals surface area contributed by atoms with Crippen LogP contribution in [0.5, 0.6) is 5.75 Å². The number of hydrogen-bond acceptors (Lipinski definition) is 5. The van der Waals surface area contributed by atoms with Crippen LogP contribution in [0.1, 0.15) is 11.1 Å². The highest BCUT2D eigenvalue weighted by atomic mass is 79.9. The zero-order valence-corrected chi connectivity index (χ0v) is 18.1. The Balaban J connectivity index is 0.00000182. The minimum atomic E-state index is 0. The Morgan fingerprint density at radius 1 is 1.19 bits per heavy atom. The van der Waals surface area contributed by atoms with Crippen LogP contribution < -0.4 is 34.9 Å². The van der Waals surface area contributed by atoms with Crippen LogP contribution in [0.2, 0.25) is 0 Å². The van der Waals surface area contributed by atoms with Crippen molar-refractivity contribution in [2.45, 2.75) is 13.2 Å². The van der Waals surface area contributed by atoms with Gasteiger partial charge in [-0.2, -0.15) is 0 Å². The van der Waals surface area contributed by atoms with Gasteiger partial charge in [0.05, 0.1) is 13.2 Å². The molecular weight excluding hydrogens is 453 g/mol. The molecule has 0 atom stereocenters. The summed E-state index contributed by atoms with van der Waals surface area (Å²) >= 11 is 3.55. The van der Waals surface area contributed by atoms with Crippen LogP contribution in [0, 0.1) is 0 Å². The van der Waals surface area contributed by atoms with Crippen molar-refractivity contribution in [1.29, 1.82) is 0 Å². The average molecular weight is 477 g/mol. The van der Waals surface area contributed by atoms with Crippen LogP contribution in [-0.2, 0) is 17.9 Å². The highest BCUT2D eigenvalue weighted by Gasteiger charge is 2.10. The van der Waals surface area contributed by atoms with Crippen molar-refractivity contribution >= 4 is 15.9 Å². The minimum Gasteiger partial charge on any atom is -1.00 e. The Kier molecular flexibility index (Phi) is 11.9. The van der Waals surface area contributed by atoms with Gasteiger partial charge in [-0.25, -0.2) is 0 Å². The van der Waals surface area contributed by atoms with Gasteiger partial charge in [-0.15, -0.1) is 0 Å². The molecule has 0 spiro atoms. The van der Waals surface area contributed by atoms with E-state index in [0.717, 1.165) is 67.3 Å². The SMILES string of the molecule is Brc1ccc(OCc2cccnc2)c(CNCCN2CCOCC2)c1.[Cl-].[Cl-]. The van der Waals surface area contributed by atoms with Gasteiger partial charge in [0, 0.05) is 60.7 Å². The van der Waals surface area contributed by atoms with Gasteiger partial charge in [-0.3, -0.25) is 9.88 Å². The van der Waals surface area contributed by atoms with Gasteiger partial charge in [-0.1, -0.05) is 22.0 Å². The maximum absolute atomic E-state index is 6.00. The van der Waals surface area contributed by atoms with E-state index in [2.05, 4.69) is 37.2 Å². The van der Waals surface area contributed by atoms with E-state index in [9.17, 15) is 0 Å². The molecule has 3 rings (SSSR count). The lowest BCUT2D eigenvalue weighted by molar-refractivity contribution is -0.001000. The van der Waals surface area contributed by atoms with Gasteiger partial charge >= 0.3 is 0 Å². The quantitative estimate of drug-likeness (QED) is 0.408. The van der Waals surface area contributed by atoms with Gasteiger partial charge in [-0.05, 0) is 24.3 Å². The summed E-state index contributed by atoms with van der Waals surface area (Å²) in [5, 5.41) is 3.52. The number of halogens is 3. The van der Waals surface area contributed by atoms with Gasteiger partial charge < -0.3 is 39.6 Å². The number of ether oxygens (including phenoxy) is 2. The zero-order chi connectivity index (χ0) is 17.3. The van der Waals surface area contributed by atoms with Crippen LogP contribution >= 0.6 is 15.9 Å². The molecule has 27 heavy (non-hydrogen) atoms. The minimum absolute atomic E-state index is 0. The first kappa shape index (κ1) is 24.1. The van der Waals surface area contributed by atoms with E-state index in [1.54, 1.807) is 6.20 Å². The standard InChI is InChI=1S/C19H24BrN3O2.2ClH/c20-18-3-4-19(25-15-16-2-1-5-21-13-16)17(12-18)14-22-6-7-23-8-10-24-11-9-23;;/h1-5,12-13,22H,6-11,14-15H2;2*1H/p-2. The lowest BCUT2D eigenvalue weighted by Gasteiger charge is -2.26. The third-order valence-electron chi connectivity index (χ3n) is 4.16. The predicted octanol–water partition coefficient (Wildman–Crippen LogP) is -3.15. The maximum Gasteiger partial charge on any atom is 0.124 e. The number of hydrogen-bond donors (Lipinski definition) is 1. The Bertz CT molecular complexity index is 659. The number of nitrogens with zero attached hydrogens (tertiary/aromatic N) is 2. The largest absolute Gasteiger partial charge is 1.00 e. The van der Waals surface area contributed by atoms with Crippen LogP contribution in [0.4, 0.5) is 0 Å². The molecule has 1 saturated heterocycles. The van der Waals surface area contributed by atoms with E-state index in [4.69, 9.17) is 9.47 Å². The molecule has 0 unspecified atom stereocenters. The van der Waals surface area contributed by atoms with Crippen molar-refractivity contribution in [2.24, 2.45) is 0 Å². The third kappa shape index (κ3) is 8.34. The van der Waals surface area contributed by atoms with Crippen molar-refractivity contribution < 1.29 is 34.3 Å². The second-order valence-electron chi connectivity index (χ2n) is 6.03.